The van der Waals surface area contributed by atoms with E-state index in [-0.39, 0.29) is 6.04 Å². The fourth-order valence-corrected chi connectivity index (χ4v) is 4.64. The molecule has 7 nitrogen and oxygen atoms in total. The molecule has 1 unspecified atom stereocenters. The number of aliphatic imine (C=N–C) groups is 1. The van der Waals surface area contributed by atoms with Crippen molar-refractivity contribution < 1.29 is 8.78 Å². The number of thiazole rings is 1. The molecule has 1 aliphatic carbocycles. The molecular formula is C17H21F2N7S2. The molecule has 11 heteroatoms. The summed E-state index contributed by atoms with van der Waals surface area (Å²) in [6.45, 7) is -1.62. The summed E-state index contributed by atoms with van der Waals surface area (Å²) in [7, 11) is 0. The molecule has 2 fully saturated rings. The highest BCUT2D eigenvalue weighted by Gasteiger charge is 2.36. The van der Waals surface area contributed by atoms with Gasteiger partial charge in [-0.1, -0.05) is 0 Å². The smallest absolute Gasteiger partial charge is 0.312 e. The Morgan fingerprint density at radius 1 is 1.36 bits per heavy atom. The zero-order valence-corrected chi connectivity index (χ0v) is 16.6. The van der Waals surface area contributed by atoms with Gasteiger partial charge in [-0.2, -0.15) is 8.78 Å². The molecule has 150 valence electrons. The Hall–Kier alpha value is -1.82. The Kier molecular flexibility index (Phi) is 6.04. The van der Waals surface area contributed by atoms with E-state index in [1.165, 1.54) is 42.5 Å². The summed E-state index contributed by atoms with van der Waals surface area (Å²) < 4.78 is 32.0. The first-order valence-electron chi connectivity index (χ1n) is 9.01. The summed E-state index contributed by atoms with van der Waals surface area (Å²) in [4.78, 5) is 11.2. The second kappa shape index (κ2) is 8.68. The lowest BCUT2D eigenvalue weighted by molar-refractivity contribution is 0.125. The Bertz CT molecular complexity index is 802. The Morgan fingerprint density at radius 3 is 2.86 bits per heavy atom. The topological polar surface area (TPSA) is 88.4 Å². The third-order valence-corrected chi connectivity index (χ3v) is 6.35. The molecule has 0 bridgehead atoms. The number of rotatable bonds is 9. The van der Waals surface area contributed by atoms with Crippen molar-refractivity contribution in [3.05, 3.63) is 39.6 Å². The monoisotopic (exact) mass is 425 g/mol. The molecule has 28 heavy (non-hydrogen) atoms. The van der Waals surface area contributed by atoms with Crippen molar-refractivity contribution in [3.63, 3.8) is 0 Å². The number of amidine groups is 1. The average molecular weight is 426 g/mol. The Balaban J connectivity index is 1.57. The van der Waals surface area contributed by atoms with E-state index >= 15 is 0 Å². The summed E-state index contributed by atoms with van der Waals surface area (Å²) in [5.41, 5.74) is 2.23. The van der Waals surface area contributed by atoms with Crippen molar-refractivity contribution in [2.24, 2.45) is 4.99 Å². The predicted octanol–water partition coefficient (Wildman–Crippen LogP) is 2.48. The molecule has 1 atom stereocenters. The van der Waals surface area contributed by atoms with Crippen molar-refractivity contribution in [2.45, 2.75) is 37.9 Å². The maximum Gasteiger partial charge on any atom is 0.312 e. The molecular weight excluding hydrogens is 404 g/mol. The van der Waals surface area contributed by atoms with Gasteiger partial charge in [0.05, 0.1) is 6.54 Å². The molecule has 3 heterocycles. The number of nitrogens with zero attached hydrogens (tertiary/aromatic N) is 3. The van der Waals surface area contributed by atoms with E-state index in [2.05, 4.69) is 24.3 Å². The van der Waals surface area contributed by atoms with E-state index in [1.807, 2.05) is 10.7 Å². The van der Waals surface area contributed by atoms with Crippen LogP contribution in [0, 0.1) is 5.41 Å². The number of hydrogen-bond acceptors (Lipinski definition) is 9. The van der Waals surface area contributed by atoms with Crippen LogP contribution in [-0.4, -0.2) is 53.7 Å². The normalized spacial score (nSPS) is 22.5. The molecule has 4 N–H and O–H groups in total. The third kappa shape index (κ3) is 4.43. The van der Waals surface area contributed by atoms with Gasteiger partial charge in [0.15, 0.2) is 10.8 Å². The number of aromatic nitrogens is 1. The quantitative estimate of drug-likeness (QED) is 0.276. The lowest BCUT2D eigenvalue weighted by Gasteiger charge is -2.28. The molecule has 0 amide bonds. The average Bonchev–Trinajstić information content (AvgIpc) is 3.17. The van der Waals surface area contributed by atoms with Crippen LogP contribution in [0.15, 0.2) is 39.6 Å². The minimum atomic E-state index is -2.67. The maximum atomic E-state index is 12.6. The van der Waals surface area contributed by atoms with Gasteiger partial charge in [-0.25, -0.2) is 14.4 Å². The standard InChI is InChI=1S/C17H21F2N7S2/c18-17(19)23-7-10(6-20)13-8-22-15(16-21-3-4-27-16)26-9-12(5-14(13)26)25-28-24-11-1-2-11/h3-4,6-7,11-12,17,20,23-25H,1-2,5,8-9H2/b10-7+,20-6?. The van der Waals surface area contributed by atoms with Gasteiger partial charge in [-0.05, 0) is 12.8 Å². The molecule has 0 radical (unpaired) electrons. The van der Waals surface area contributed by atoms with Gasteiger partial charge < -0.3 is 15.6 Å². The highest BCUT2D eigenvalue weighted by atomic mass is 32.2. The van der Waals surface area contributed by atoms with E-state index in [0.717, 1.165) is 34.7 Å². The zero-order chi connectivity index (χ0) is 19.5. The Morgan fingerprint density at radius 2 is 2.18 bits per heavy atom. The van der Waals surface area contributed by atoms with Crippen molar-refractivity contribution in [2.75, 3.05) is 13.1 Å². The molecule has 1 saturated heterocycles. The minimum absolute atomic E-state index is 0.180. The van der Waals surface area contributed by atoms with E-state index in [4.69, 9.17) is 5.41 Å². The summed E-state index contributed by atoms with van der Waals surface area (Å²) in [6.07, 6.45) is 7.21. The van der Waals surface area contributed by atoms with E-state index in [9.17, 15) is 8.78 Å². The molecule has 0 spiro atoms. The third-order valence-electron chi connectivity index (χ3n) is 4.68. The number of halogens is 2. The van der Waals surface area contributed by atoms with Gasteiger partial charge in [0.1, 0.15) is 0 Å². The Labute approximate surface area is 170 Å². The van der Waals surface area contributed by atoms with Gasteiger partial charge in [-0.15, -0.1) is 11.3 Å². The second-order valence-electron chi connectivity index (χ2n) is 6.74. The number of fused-ring (bicyclic) bond motifs is 1. The van der Waals surface area contributed by atoms with Gasteiger partial charge in [-0.3, -0.25) is 4.99 Å². The fraction of sp³-hybridized carbons (Fsp3) is 0.471. The van der Waals surface area contributed by atoms with E-state index < -0.39 is 6.55 Å². The SMILES string of the molecule is N=C/C(=C\NC(F)F)C1=C2CC(NSNC3CC3)CN2C(c2nccs2)=NC1. The largest absolute Gasteiger partial charge is 0.336 e. The van der Waals surface area contributed by atoms with Crippen LogP contribution in [0.4, 0.5) is 8.78 Å². The highest BCUT2D eigenvalue weighted by molar-refractivity contribution is 7.95. The maximum absolute atomic E-state index is 12.6. The molecule has 1 aromatic rings. The van der Waals surface area contributed by atoms with Gasteiger partial charge in [0.2, 0.25) is 0 Å². The molecule has 1 saturated carbocycles. The lowest BCUT2D eigenvalue weighted by Crippen LogP contribution is -2.36. The number of nitrogens with one attached hydrogen (secondary N) is 4. The summed E-state index contributed by atoms with van der Waals surface area (Å²) in [5.74, 6) is 0.810. The van der Waals surface area contributed by atoms with Crippen LogP contribution in [0.5, 0.6) is 0 Å². The molecule has 2 aliphatic heterocycles. The number of hydrogen-bond donors (Lipinski definition) is 4. The van der Waals surface area contributed by atoms with Gasteiger partial charge in [0.25, 0.3) is 0 Å². The van der Waals surface area contributed by atoms with Crippen LogP contribution in [-0.2, 0) is 0 Å². The van der Waals surface area contributed by atoms with Crippen LogP contribution in [0.3, 0.4) is 0 Å². The van der Waals surface area contributed by atoms with E-state index in [0.29, 0.717) is 24.7 Å². The number of alkyl halides is 2. The molecule has 0 aromatic carbocycles. The fourth-order valence-electron chi connectivity index (χ4n) is 3.19. The molecule has 3 aliphatic rings. The highest BCUT2D eigenvalue weighted by Crippen LogP contribution is 2.34. The van der Waals surface area contributed by atoms with Gasteiger partial charge in [0, 0.05) is 78.0 Å². The second-order valence-corrected chi connectivity index (χ2v) is 8.31. The minimum Gasteiger partial charge on any atom is -0.336 e. The van der Waals surface area contributed by atoms with Crippen molar-refractivity contribution >= 4 is 35.5 Å². The lowest BCUT2D eigenvalue weighted by atomic mass is 10.0. The molecule has 1 aromatic heterocycles. The predicted molar refractivity (Wildman–Crippen MR) is 109 cm³/mol. The summed E-state index contributed by atoms with van der Waals surface area (Å²) >= 11 is 3.05. The van der Waals surface area contributed by atoms with Crippen molar-refractivity contribution in [3.8, 4) is 0 Å². The first-order valence-corrected chi connectivity index (χ1v) is 10.7. The van der Waals surface area contributed by atoms with Crippen LogP contribution in [0.25, 0.3) is 0 Å². The first-order chi connectivity index (χ1) is 13.7. The summed E-state index contributed by atoms with van der Waals surface area (Å²) in [5, 5.41) is 12.4. The van der Waals surface area contributed by atoms with E-state index in [1.54, 1.807) is 6.20 Å². The van der Waals surface area contributed by atoms with Crippen LogP contribution < -0.4 is 14.8 Å². The zero-order valence-electron chi connectivity index (χ0n) is 15.0. The summed E-state index contributed by atoms with van der Waals surface area (Å²) in [6, 6.07) is 0.774. The van der Waals surface area contributed by atoms with Gasteiger partial charge >= 0.3 is 6.55 Å². The first kappa shape index (κ1) is 19.5. The van der Waals surface area contributed by atoms with Crippen molar-refractivity contribution in [1.82, 2.24) is 24.6 Å². The van der Waals surface area contributed by atoms with Crippen LogP contribution in [0.2, 0.25) is 0 Å². The van der Waals surface area contributed by atoms with Crippen LogP contribution >= 0.6 is 23.5 Å². The van der Waals surface area contributed by atoms with Crippen molar-refractivity contribution in [1.29, 1.82) is 5.41 Å². The molecule has 4 rings (SSSR count). The van der Waals surface area contributed by atoms with Crippen LogP contribution in [0.1, 0.15) is 24.3 Å².